The third-order valence-electron chi connectivity index (χ3n) is 1.06. The van der Waals surface area contributed by atoms with Crippen molar-refractivity contribution in [3.63, 3.8) is 0 Å². The lowest BCUT2D eigenvalue weighted by atomic mass is 10.2. The van der Waals surface area contributed by atoms with Crippen LogP contribution in [0.15, 0.2) is 0 Å². The highest BCUT2D eigenvalue weighted by atomic mass is 32.1. The molecule has 2 N–H and O–H groups in total. The Morgan fingerprint density at radius 3 is 2.00 bits per heavy atom. The van der Waals surface area contributed by atoms with Crippen LogP contribution in [0, 0.1) is 0 Å². The van der Waals surface area contributed by atoms with Crippen LogP contribution in [0.25, 0.3) is 0 Å². The Labute approximate surface area is 66.1 Å². The zero-order chi connectivity index (χ0) is 7.28. The minimum absolute atomic E-state index is 0.0108. The molecule has 0 spiro atoms. The summed E-state index contributed by atoms with van der Waals surface area (Å²) in [6, 6.07) is 0. The Morgan fingerprint density at radius 2 is 1.67 bits per heavy atom. The van der Waals surface area contributed by atoms with E-state index in [1.807, 2.05) is 0 Å². The van der Waals surface area contributed by atoms with Gasteiger partial charge in [-0.15, -0.1) is 0 Å². The fraction of sp³-hybridized carbons (Fsp3) is 1.00. The summed E-state index contributed by atoms with van der Waals surface area (Å²) in [6.45, 7) is 0.114. The van der Waals surface area contributed by atoms with Crippen molar-refractivity contribution in [2.75, 3.05) is 13.2 Å². The molecular formula is C5H12O2S2. The van der Waals surface area contributed by atoms with Crippen molar-refractivity contribution in [1.82, 2.24) is 0 Å². The predicted octanol–water partition coefficient (Wildman–Crippen LogP) is -0.0421. The molecule has 0 aromatic heterocycles. The molecule has 2 atom stereocenters. The third kappa shape index (κ3) is 4.08. The second-order valence-corrected chi connectivity index (χ2v) is 3.16. The number of rotatable bonds is 4. The average molecular weight is 168 g/mol. The molecule has 0 amide bonds. The molecule has 56 valence electrons. The maximum absolute atomic E-state index is 8.52. The van der Waals surface area contributed by atoms with E-state index >= 15 is 0 Å². The van der Waals surface area contributed by atoms with Crippen LogP contribution in [0.4, 0.5) is 0 Å². The average Bonchev–Trinajstić information content (AvgIpc) is 1.87. The van der Waals surface area contributed by atoms with Gasteiger partial charge in [0.25, 0.3) is 0 Å². The minimum atomic E-state index is -0.125. The largest absolute Gasteiger partial charge is 0.396 e. The molecule has 0 aliphatic rings. The Morgan fingerprint density at radius 1 is 1.11 bits per heavy atom. The Bertz CT molecular complexity index is 70.0. The van der Waals surface area contributed by atoms with Gasteiger partial charge in [0.05, 0.1) is 6.61 Å². The van der Waals surface area contributed by atoms with Crippen molar-refractivity contribution in [2.45, 2.75) is 16.9 Å². The first-order chi connectivity index (χ1) is 4.22. The van der Waals surface area contributed by atoms with E-state index in [1.165, 1.54) is 0 Å². The molecule has 0 rings (SSSR count). The van der Waals surface area contributed by atoms with Gasteiger partial charge in [-0.1, -0.05) is 0 Å². The maximum atomic E-state index is 8.52. The summed E-state index contributed by atoms with van der Waals surface area (Å²) >= 11 is 8.11. The highest BCUT2D eigenvalue weighted by Crippen LogP contribution is 2.11. The first-order valence-corrected chi connectivity index (χ1v) is 3.83. The summed E-state index contributed by atoms with van der Waals surface area (Å²) in [5.41, 5.74) is 0. The standard InChI is InChI=1S/C5H12O2S2/c6-2-1-4(8)5(9)3-7/h4-9H,1-3H2. The molecular weight excluding hydrogens is 156 g/mol. The van der Waals surface area contributed by atoms with Crippen molar-refractivity contribution in [1.29, 1.82) is 0 Å². The van der Waals surface area contributed by atoms with E-state index in [-0.39, 0.29) is 23.7 Å². The highest BCUT2D eigenvalue weighted by Gasteiger charge is 2.11. The van der Waals surface area contributed by atoms with Gasteiger partial charge in [-0.3, -0.25) is 0 Å². The molecule has 2 nitrogen and oxygen atoms in total. The molecule has 0 aliphatic carbocycles. The van der Waals surface area contributed by atoms with Gasteiger partial charge in [0.1, 0.15) is 0 Å². The molecule has 0 bridgehead atoms. The SMILES string of the molecule is OCCC(S)C(S)CO. The highest BCUT2D eigenvalue weighted by molar-refractivity contribution is 7.85. The molecule has 0 radical (unpaired) electrons. The molecule has 0 saturated heterocycles. The first kappa shape index (κ1) is 9.62. The van der Waals surface area contributed by atoms with Crippen LogP contribution in [-0.2, 0) is 0 Å². The fourth-order valence-corrected chi connectivity index (χ4v) is 0.805. The molecule has 2 unspecified atom stereocenters. The van der Waals surface area contributed by atoms with Crippen LogP contribution in [0.1, 0.15) is 6.42 Å². The van der Waals surface area contributed by atoms with Gasteiger partial charge in [-0.2, -0.15) is 25.3 Å². The summed E-state index contributed by atoms with van der Waals surface area (Å²) in [5, 5.41) is 16.8. The molecule has 0 saturated carbocycles. The summed E-state index contributed by atoms with van der Waals surface area (Å²) in [7, 11) is 0. The van der Waals surface area contributed by atoms with Crippen LogP contribution in [0.3, 0.4) is 0 Å². The molecule has 4 heteroatoms. The summed E-state index contributed by atoms with van der Waals surface area (Å²) in [6.07, 6.45) is 0.581. The van der Waals surface area contributed by atoms with E-state index < -0.39 is 0 Å². The van der Waals surface area contributed by atoms with E-state index in [0.29, 0.717) is 6.42 Å². The zero-order valence-electron chi connectivity index (χ0n) is 5.06. The zero-order valence-corrected chi connectivity index (χ0v) is 6.85. The van der Waals surface area contributed by atoms with Crippen LogP contribution in [0.2, 0.25) is 0 Å². The first-order valence-electron chi connectivity index (χ1n) is 2.80. The maximum Gasteiger partial charge on any atom is 0.0558 e. The quantitative estimate of drug-likeness (QED) is 0.445. The van der Waals surface area contributed by atoms with E-state index in [0.717, 1.165) is 0 Å². The Balaban J connectivity index is 3.32. The van der Waals surface area contributed by atoms with E-state index in [2.05, 4.69) is 25.3 Å². The topological polar surface area (TPSA) is 40.5 Å². The second-order valence-electron chi connectivity index (χ2n) is 1.83. The number of thiol groups is 2. The molecule has 9 heavy (non-hydrogen) atoms. The van der Waals surface area contributed by atoms with Gasteiger partial charge >= 0.3 is 0 Å². The number of hydrogen-bond donors (Lipinski definition) is 4. The van der Waals surface area contributed by atoms with Gasteiger partial charge in [0.2, 0.25) is 0 Å². The lowest BCUT2D eigenvalue weighted by Crippen LogP contribution is -2.20. The van der Waals surface area contributed by atoms with Crippen LogP contribution in [-0.4, -0.2) is 33.9 Å². The second kappa shape index (κ2) is 5.41. The summed E-state index contributed by atoms with van der Waals surface area (Å²) in [5.74, 6) is 0. The summed E-state index contributed by atoms with van der Waals surface area (Å²) in [4.78, 5) is 0. The van der Waals surface area contributed by atoms with Crippen LogP contribution < -0.4 is 0 Å². The van der Waals surface area contributed by atoms with Gasteiger partial charge in [0, 0.05) is 17.1 Å². The molecule has 0 heterocycles. The monoisotopic (exact) mass is 168 g/mol. The predicted molar refractivity (Wildman–Crippen MR) is 44.3 cm³/mol. The Hall–Kier alpha value is 0.620. The molecule has 0 aromatic carbocycles. The van der Waals surface area contributed by atoms with Crippen LogP contribution in [0.5, 0.6) is 0 Å². The smallest absolute Gasteiger partial charge is 0.0558 e. The third-order valence-corrected chi connectivity index (χ3v) is 2.43. The minimum Gasteiger partial charge on any atom is -0.396 e. The van der Waals surface area contributed by atoms with E-state index in [1.54, 1.807) is 0 Å². The van der Waals surface area contributed by atoms with Crippen molar-refractivity contribution in [2.24, 2.45) is 0 Å². The lowest BCUT2D eigenvalue weighted by Gasteiger charge is -2.13. The van der Waals surface area contributed by atoms with Crippen molar-refractivity contribution in [3.05, 3.63) is 0 Å². The number of aliphatic hydroxyl groups excluding tert-OH is 2. The van der Waals surface area contributed by atoms with Gasteiger partial charge in [0.15, 0.2) is 0 Å². The van der Waals surface area contributed by atoms with Crippen molar-refractivity contribution >= 4 is 25.3 Å². The number of aliphatic hydroxyl groups is 2. The van der Waals surface area contributed by atoms with E-state index in [4.69, 9.17) is 10.2 Å². The van der Waals surface area contributed by atoms with Crippen LogP contribution >= 0.6 is 25.3 Å². The number of hydrogen-bond acceptors (Lipinski definition) is 4. The fourth-order valence-electron chi connectivity index (χ4n) is 0.446. The molecule has 0 aliphatic heterocycles. The lowest BCUT2D eigenvalue weighted by molar-refractivity contribution is 0.265. The van der Waals surface area contributed by atoms with Crippen molar-refractivity contribution in [3.8, 4) is 0 Å². The normalized spacial score (nSPS) is 17.3. The molecule has 0 fully saturated rings. The van der Waals surface area contributed by atoms with Crippen molar-refractivity contribution < 1.29 is 10.2 Å². The van der Waals surface area contributed by atoms with Gasteiger partial charge in [-0.05, 0) is 6.42 Å². The van der Waals surface area contributed by atoms with Gasteiger partial charge in [-0.25, -0.2) is 0 Å². The van der Waals surface area contributed by atoms with E-state index in [9.17, 15) is 0 Å². The molecule has 0 aromatic rings. The summed E-state index contributed by atoms with van der Waals surface area (Å²) < 4.78 is 0. The van der Waals surface area contributed by atoms with Gasteiger partial charge < -0.3 is 10.2 Å². The Kier molecular flexibility index (Phi) is 5.78.